The average Bonchev–Trinajstić information content (AvgIpc) is 2.15. The molecule has 1 aliphatic carbocycles. The highest BCUT2D eigenvalue weighted by atomic mass is 79.9. The van der Waals surface area contributed by atoms with E-state index in [4.69, 9.17) is 4.74 Å². The van der Waals surface area contributed by atoms with E-state index in [1.807, 2.05) is 14.0 Å². The molecule has 0 aliphatic heterocycles. The molecule has 1 aliphatic rings. The fourth-order valence-corrected chi connectivity index (χ4v) is 2.76. The molecule has 0 aromatic carbocycles. The predicted octanol–water partition coefficient (Wildman–Crippen LogP) is 2.04. The number of carbonyl (C=O) groups is 1. The van der Waals surface area contributed by atoms with Gasteiger partial charge in [-0.1, -0.05) is 22.9 Å². The first kappa shape index (κ1) is 13.0. The number of amides is 1. The summed E-state index contributed by atoms with van der Waals surface area (Å²) < 4.78 is 5.22. The van der Waals surface area contributed by atoms with Crippen LogP contribution in [-0.2, 0) is 9.53 Å². The van der Waals surface area contributed by atoms with E-state index in [9.17, 15) is 4.79 Å². The maximum absolute atomic E-state index is 11.6. The summed E-state index contributed by atoms with van der Waals surface area (Å²) in [5, 5.41) is 0. The summed E-state index contributed by atoms with van der Waals surface area (Å²) in [6.07, 6.45) is 3.34. The van der Waals surface area contributed by atoms with Gasteiger partial charge in [0.2, 0.25) is 5.91 Å². The molecule has 1 amide bonds. The third-order valence-electron chi connectivity index (χ3n) is 2.71. The standard InChI is InChI=1S/C11H20BrNO2/c1-3-4-15-8-11(14)13(2)7-9-5-10(12)6-9/h9-10H,3-8H2,1-2H3. The third-order valence-corrected chi connectivity index (χ3v) is 3.46. The largest absolute Gasteiger partial charge is 0.372 e. The van der Waals surface area contributed by atoms with Crippen LogP contribution < -0.4 is 0 Å². The molecule has 0 N–H and O–H groups in total. The Morgan fingerprint density at radius 1 is 1.53 bits per heavy atom. The van der Waals surface area contributed by atoms with Crippen molar-refractivity contribution in [2.75, 3.05) is 26.8 Å². The first-order valence-electron chi connectivity index (χ1n) is 5.59. The summed E-state index contributed by atoms with van der Waals surface area (Å²) in [4.78, 5) is 14.0. The van der Waals surface area contributed by atoms with Gasteiger partial charge in [0.1, 0.15) is 6.61 Å². The molecule has 0 aromatic heterocycles. The lowest BCUT2D eigenvalue weighted by molar-refractivity contribution is -0.135. The Balaban J connectivity index is 2.10. The van der Waals surface area contributed by atoms with Gasteiger partial charge >= 0.3 is 0 Å². The van der Waals surface area contributed by atoms with Crippen molar-refractivity contribution in [1.82, 2.24) is 4.90 Å². The highest BCUT2D eigenvalue weighted by Crippen LogP contribution is 2.33. The minimum atomic E-state index is 0.0986. The van der Waals surface area contributed by atoms with Crippen LogP contribution in [0.25, 0.3) is 0 Å². The highest BCUT2D eigenvalue weighted by molar-refractivity contribution is 9.09. The number of alkyl halides is 1. The van der Waals surface area contributed by atoms with E-state index in [0.29, 0.717) is 17.4 Å². The fourth-order valence-electron chi connectivity index (χ4n) is 1.71. The highest BCUT2D eigenvalue weighted by Gasteiger charge is 2.28. The maximum Gasteiger partial charge on any atom is 0.248 e. The van der Waals surface area contributed by atoms with E-state index >= 15 is 0 Å². The maximum atomic E-state index is 11.6. The quantitative estimate of drug-likeness (QED) is 0.549. The van der Waals surface area contributed by atoms with Crippen LogP contribution in [0.3, 0.4) is 0 Å². The van der Waals surface area contributed by atoms with Gasteiger partial charge in [-0.15, -0.1) is 0 Å². The number of hydrogen-bond donors (Lipinski definition) is 0. The molecule has 1 rings (SSSR count). The normalized spacial score (nSPS) is 24.7. The first-order valence-corrected chi connectivity index (χ1v) is 6.50. The van der Waals surface area contributed by atoms with Crippen LogP contribution in [0, 0.1) is 5.92 Å². The monoisotopic (exact) mass is 277 g/mol. The van der Waals surface area contributed by atoms with Gasteiger partial charge in [-0.2, -0.15) is 0 Å². The van der Waals surface area contributed by atoms with Gasteiger partial charge in [0.05, 0.1) is 0 Å². The van der Waals surface area contributed by atoms with Crippen LogP contribution in [-0.4, -0.2) is 42.4 Å². The summed E-state index contributed by atoms with van der Waals surface area (Å²) in [6.45, 7) is 3.82. The van der Waals surface area contributed by atoms with E-state index < -0.39 is 0 Å². The lowest BCUT2D eigenvalue weighted by atomic mass is 9.85. The van der Waals surface area contributed by atoms with Crippen molar-refractivity contribution in [3.63, 3.8) is 0 Å². The molecule has 1 fully saturated rings. The number of likely N-dealkylation sites (N-methyl/N-ethyl adjacent to an activating group) is 1. The third kappa shape index (κ3) is 4.51. The zero-order valence-electron chi connectivity index (χ0n) is 9.54. The van der Waals surface area contributed by atoms with Crippen LogP contribution in [0.15, 0.2) is 0 Å². The summed E-state index contributed by atoms with van der Waals surface area (Å²) >= 11 is 3.55. The van der Waals surface area contributed by atoms with Crippen LogP contribution >= 0.6 is 15.9 Å². The zero-order valence-corrected chi connectivity index (χ0v) is 11.1. The van der Waals surface area contributed by atoms with Gasteiger partial charge in [-0.25, -0.2) is 0 Å². The molecule has 4 heteroatoms. The molecule has 0 heterocycles. The lowest BCUT2D eigenvalue weighted by Crippen LogP contribution is -2.39. The Bertz CT molecular complexity index is 205. The van der Waals surface area contributed by atoms with E-state index in [1.165, 1.54) is 12.8 Å². The second kappa shape index (κ2) is 6.48. The summed E-state index contributed by atoms with van der Waals surface area (Å²) in [5.74, 6) is 0.774. The summed E-state index contributed by atoms with van der Waals surface area (Å²) in [7, 11) is 1.86. The van der Waals surface area contributed by atoms with Crippen molar-refractivity contribution >= 4 is 21.8 Å². The number of carbonyl (C=O) groups excluding carboxylic acids is 1. The van der Waals surface area contributed by atoms with Gasteiger partial charge in [-0.3, -0.25) is 4.79 Å². The van der Waals surface area contributed by atoms with E-state index in [-0.39, 0.29) is 12.5 Å². The summed E-state index contributed by atoms with van der Waals surface area (Å²) in [5.41, 5.74) is 0. The van der Waals surface area contributed by atoms with E-state index in [2.05, 4.69) is 15.9 Å². The smallest absolute Gasteiger partial charge is 0.248 e. The van der Waals surface area contributed by atoms with Crippen molar-refractivity contribution in [3.05, 3.63) is 0 Å². The van der Waals surface area contributed by atoms with Crippen molar-refractivity contribution in [2.45, 2.75) is 31.0 Å². The number of nitrogens with zero attached hydrogens (tertiary/aromatic N) is 1. The van der Waals surface area contributed by atoms with E-state index in [0.717, 1.165) is 13.0 Å². The minimum Gasteiger partial charge on any atom is -0.372 e. The van der Waals surface area contributed by atoms with Crippen molar-refractivity contribution in [1.29, 1.82) is 0 Å². The van der Waals surface area contributed by atoms with Gasteiger partial charge in [0, 0.05) is 25.0 Å². The second-order valence-corrected chi connectivity index (χ2v) is 5.56. The number of rotatable bonds is 6. The molecule has 0 spiro atoms. The molecule has 15 heavy (non-hydrogen) atoms. The summed E-state index contributed by atoms with van der Waals surface area (Å²) in [6, 6.07) is 0. The number of halogens is 1. The van der Waals surface area contributed by atoms with Crippen LogP contribution in [0.4, 0.5) is 0 Å². The number of ether oxygens (including phenoxy) is 1. The zero-order chi connectivity index (χ0) is 11.3. The van der Waals surface area contributed by atoms with Crippen LogP contribution in [0.2, 0.25) is 0 Å². The SMILES string of the molecule is CCCOCC(=O)N(C)CC1CC(Br)C1. The van der Waals surface area contributed by atoms with Crippen LogP contribution in [0.5, 0.6) is 0 Å². The van der Waals surface area contributed by atoms with Gasteiger partial charge in [0.15, 0.2) is 0 Å². The molecule has 1 saturated carbocycles. The molecular formula is C11H20BrNO2. The molecule has 88 valence electrons. The Hall–Kier alpha value is -0.0900. The molecular weight excluding hydrogens is 258 g/mol. The minimum absolute atomic E-state index is 0.0986. The Labute approximate surface area is 100 Å². The molecule has 0 bridgehead atoms. The van der Waals surface area contributed by atoms with E-state index in [1.54, 1.807) is 4.90 Å². The predicted molar refractivity (Wildman–Crippen MR) is 64.2 cm³/mol. The lowest BCUT2D eigenvalue weighted by Gasteiger charge is -2.34. The van der Waals surface area contributed by atoms with Gasteiger partial charge in [0.25, 0.3) is 0 Å². The number of hydrogen-bond acceptors (Lipinski definition) is 2. The molecule has 0 atom stereocenters. The topological polar surface area (TPSA) is 29.5 Å². The average molecular weight is 278 g/mol. The molecule has 3 nitrogen and oxygen atoms in total. The fraction of sp³-hybridized carbons (Fsp3) is 0.909. The Kier molecular flexibility index (Phi) is 5.61. The molecule has 0 radical (unpaired) electrons. The van der Waals surface area contributed by atoms with Crippen molar-refractivity contribution < 1.29 is 9.53 Å². The van der Waals surface area contributed by atoms with Crippen molar-refractivity contribution in [2.24, 2.45) is 5.92 Å². The van der Waals surface area contributed by atoms with Crippen molar-refractivity contribution in [3.8, 4) is 0 Å². The molecule has 0 aromatic rings. The molecule has 0 unspecified atom stereocenters. The van der Waals surface area contributed by atoms with Crippen LogP contribution in [0.1, 0.15) is 26.2 Å². The Morgan fingerprint density at radius 3 is 2.73 bits per heavy atom. The Morgan fingerprint density at radius 2 is 2.20 bits per heavy atom. The molecule has 0 saturated heterocycles. The second-order valence-electron chi connectivity index (χ2n) is 4.26. The van der Waals surface area contributed by atoms with Gasteiger partial charge in [-0.05, 0) is 25.2 Å². The van der Waals surface area contributed by atoms with Gasteiger partial charge < -0.3 is 9.64 Å². The first-order chi connectivity index (χ1) is 7.13.